The van der Waals surface area contributed by atoms with E-state index < -0.39 is 30.7 Å². The number of rotatable bonds is 3. The summed E-state index contributed by atoms with van der Waals surface area (Å²) in [4.78, 5) is 9.83. The number of hydrogen-bond donors (Lipinski definition) is 0. The van der Waals surface area contributed by atoms with Crippen molar-refractivity contribution in [3.05, 3.63) is 0 Å². The maximum absolute atomic E-state index is 12.0. The van der Waals surface area contributed by atoms with E-state index in [4.69, 9.17) is 0 Å². The molecule has 0 unspecified atom stereocenters. The topological polar surface area (TPSA) is 35.5 Å². The summed E-state index contributed by atoms with van der Waals surface area (Å²) in [5.41, 5.74) is 0. The lowest BCUT2D eigenvalue weighted by molar-refractivity contribution is -0.511. The zero-order valence-electron chi connectivity index (χ0n) is 7.50. The Kier molecular flexibility index (Phi) is 4.25. The third-order valence-electron chi connectivity index (χ3n) is 1.15. The Morgan fingerprint density at radius 2 is 1.00 bits per heavy atom. The van der Waals surface area contributed by atoms with Gasteiger partial charge in [-0.2, -0.15) is 17.6 Å². The van der Waals surface area contributed by atoms with Crippen molar-refractivity contribution in [2.45, 2.75) is 24.7 Å². The summed E-state index contributed by atoms with van der Waals surface area (Å²) in [6.45, 7) is 0. The van der Waals surface area contributed by atoms with Gasteiger partial charge in [-0.3, -0.25) is 4.79 Å². The number of carbonyl (C=O) groups is 1. The van der Waals surface area contributed by atoms with Gasteiger partial charge < -0.3 is 0 Å². The van der Waals surface area contributed by atoms with Crippen molar-refractivity contribution in [3.8, 4) is 0 Å². The lowest BCUT2D eigenvalue weighted by Crippen LogP contribution is -2.59. The molecule has 108 valence electrons. The van der Waals surface area contributed by atoms with Crippen LogP contribution in [0.1, 0.15) is 0 Å². The molecular weight excluding hydrogens is 298 g/mol. The van der Waals surface area contributed by atoms with Crippen molar-refractivity contribution in [2.75, 3.05) is 0 Å². The zero-order valence-corrected chi connectivity index (χ0v) is 7.50. The summed E-state index contributed by atoms with van der Waals surface area (Å²) in [5.74, 6) is -6.15. The smallest absolute Gasteiger partial charge is 0.254 e. The fourth-order valence-corrected chi connectivity index (χ4v) is 0.654. The Labute approximate surface area is 90.2 Å². The standard InChI is InChI=1S/C5F10O3/c6-1(16)2(3(7,8)9,17-4(10,11)12)18-5(13,14)15. The minimum absolute atomic E-state index is 1.84. The van der Waals surface area contributed by atoms with Gasteiger partial charge in [-0.1, -0.05) is 0 Å². The summed E-state index contributed by atoms with van der Waals surface area (Å²) in [5, 5.41) is 0. The Hall–Kier alpha value is -1.11. The van der Waals surface area contributed by atoms with Crippen molar-refractivity contribution in [1.29, 1.82) is 0 Å². The molecule has 0 aromatic heterocycles. The Bertz CT molecular complexity index is 295. The maximum Gasteiger partial charge on any atom is 0.525 e. The van der Waals surface area contributed by atoms with Gasteiger partial charge in [-0.15, -0.1) is 26.3 Å². The SMILES string of the molecule is O=C(F)C(OC(F)(F)F)(OC(F)(F)F)C(F)(F)F. The van der Waals surface area contributed by atoms with E-state index in [0.717, 1.165) is 0 Å². The van der Waals surface area contributed by atoms with Crippen LogP contribution in [0.15, 0.2) is 0 Å². The maximum atomic E-state index is 12.0. The second-order valence-corrected chi connectivity index (χ2v) is 2.48. The van der Waals surface area contributed by atoms with E-state index in [2.05, 4.69) is 0 Å². The van der Waals surface area contributed by atoms with E-state index in [9.17, 15) is 48.7 Å². The van der Waals surface area contributed by atoms with E-state index in [0.29, 0.717) is 0 Å². The molecule has 3 nitrogen and oxygen atoms in total. The molecule has 0 N–H and O–H groups in total. The number of carbonyl (C=O) groups excluding carboxylic acids is 1. The van der Waals surface area contributed by atoms with Gasteiger partial charge in [-0.05, 0) is 0 Å². The van der Waals surface area contributed by atoms with Crippen LogP contribution in [-0.2, 0) is 14.3 Å². The average molecular weight is 298 g/mol. The predicted octanol–water partition coefficient (Wildman–Crippen LogP) is 2.81. The number of halogens is 10. The van der Waals surface area contributed by atoms with Crippen molar-refractivity contribution >= 4 is 6.04 Å². The highest BCUT2D eigenvalue weighted by Crippen LogP contribution is 2.43. The van der Waals surface area contributed by atoms with Crippen LogP contribution in [0.3, 0.4) is 0 Å². The first-order valence-corrected chi connectivity index (χ1v) is 3.41. The van der Waals surface area contributed by atoms with Crippen LogP contribution in [-0.4, -0.2) is 30.7 Å². The summed E-state index contributed by atoms with van der Waals surface area (Å²) in [6.07, 6.45) is -19.6. The average Bonchev–Trinajstić information content (AvgIpc) is 1.93. The summed E-state index contributed by atoms with van der Waals surface area (Å²) in [7, 11) is 0. The Morgan fingerprint density at radius 1 is 0.722 bits per heavy atom. The second-order valence-electron chi connectivity index (χ2n) is 2.48. The second kappa shape index (κ2) is 4.53. The molecule has 0 amide bonds. The number of hydrogen-bond acceptors (Lipinski definition) is 3. The largest absolute Gasteiger partial charge is 0.525 e. The summed E-state index contributed by atoms with van der Waals surface area (Å²) >= 11 is 0. The van der Waals surface area contributed by atoms with Gasteiger partial charge in [0.2, 0.25) is 0 Å². The van der Waals surface area contributed by atoms with Crippen LogP contribution in [0.4, 0.5) is 43.9 Å². The van der Waals surface area contributed by atoms with Crippen molar-refractivity contribution in [2.24, 2.45) is 0 Å². The van der Waals surface area contributed by atoms with Crippen LogP contribution in [0.5, 0.6) is 0 Å². The normalized spacial score (nSPS) is 14.8. The molecule has 0 aliphatic heterocycles. The molecule has 0 rings (SSSR count). The molecule has 0 saturated heterocycles. The van der Waals surface area contributed by atoms with Gasteiger partial charge in [-0.25, -0.2) is 9.47 Å². The molecule has 13 heteroatoms. The molecule has 0 aromatic carbocycles. The lowest BCUT2D eigenvalue weighted by atomic mass is 10.3. The fraction of sp³-hybridized carbons (Fsp3) is 0.800. The first-order valence-electron chi connectivity index (χ1n) is 3.41. The first kappa shape index (κ1) is 16.9. The Balaban J connectivity index is 5.68. The minimum Gasteiger partial charge on any atom is -0.254 e. The van der Waals surface area contributed by atoms with Crippen molar-refractivity contribution < 1.29 is 58.2 Å². The molecule has 0 fully saturated rings. The molecule has 0 aliphatic rings. The van der Waals surface area contributed by atoms with Gasteiger partial charge in [0.1, 0.15) is 0 Å². The number of ether oxygens (including phenoxy) is 2. The quantitative estimate of drug-likeness (QED) is 0.456. The van der Waals surface area contributed by atoms with E-state index in [1.807, 2.05) is 9.47 Å². The first-order chi connectivity index (χ1) is 7.61. The van der Waals surface area contributed by atoms with Gasteiger partial charge in [0.25, 0.3) is 0 Å². The van der Waals surface area contributed by atoms with Crippen molar-refractivity contribution in [1.82, 2.24) is 0 Å². The van der Waals surface area contributed by atoms with Crippen LogP contribution in [0.25, 0.3) is 0 Å². The third kappa shape index (κ3) is 4.29. The predicted molar refractivity (Wildman–Crippen MR) is 29.2 cm³/mol. The molecule has 0 aromatic rings. The molecule has 18 heavy (non-hydrogen) atoms. The van der Waals surface area contributed by atoms with Crippen molar-refractivity contribution in [3.63, 3.8) is 0 Å². The molecule has 0 aliphatic carbocycles. The van der Waals surface area contributed by atoms with Gasteiger partial charge in [0.05, 0.1) is 0 Å². The molecule has 0 radical (unpaired) electrons. The van der Waals surface area contributed by atoms with Gasteiger partial charge >= 0.3 is 30.7 Å². The summed E-state index contributed by atoms with van der Waals surface area (Å²) < 4.78 is 121. The highest BCUT2D eigenvalue weighted by atomic mass is 19.4. The molecular formula is C5F10O3. The Morgan fingerprint density at radius 3 is 1.11 bits per heavy atom. The fourth-order valence-electron chi connectivity index (χ4n) is 0.654. The van der Waals surface area contributed by atoms with Crippen LogP contribution < -0.4 is 0 Å². The van der Waals surface area contributed by atoms with Crippen LogP contribution in [0.2, 0.25) is 0 Å². The molecule has 0 atom stereocenters. The third-order valence-corrected chi connectivity index (χ3v) is 1.15. The summed E-state index contributed by atoms with van der Waals surface area (Å²) in [6, 6.07) is -4.16. The lowest BCUT2D eigenvalue weighted by Gasteiger charge is -2.31. The van der Waals surface area contributed by atoms with Gasteiger partial charge in [0.15, 0.2) is 0 Å². The minimum atomic E-state index is -6.76. The highest BCUT2D eigenvalue weighted by molar-refractivity contribution is 5.77. The molecule has 0 heterocycles. The zero-order chi connectivity index (χ0) is 15.0. The molecule has 0 saturated carbocycles. The molecule has 0 spiro atoms. The number of alkyl halides is 9. The van der Waals surface area contributed by atoms with E-state index in [1.165, 1.54) is 0 Å². The van der Waals surface area contributed by atoms with E-state index in [1.54, 1.807) is 0 Å². The molecule has 0 bridgehead atoms. The van der Waals surface area contributed by atoms with E-state index >= 15 is 0 Å². The van der Waals surface area contributed by atoms with E-state index in [-0.39, 0.29) is 0 Å². The van der Waals surface area contributed by atoms with Crippen LogP contribution in [0, 0.1) is 0 Å². The van der Waals surface area contributed by atoms with Gasteiger partial charge in [0, 0.05) is 0 Å². The van der Waals surface area contributed by atoms with Crippen LogP contribution >= 0.6 is 0 Å². The highest BCUT2D eigenvalue weighted by Gasteiger charge is 2.72. The monoisotopic (exact) mass is 298 g/mol.